The molecule has 0 aliphatic carbocycles. The van der Waals surface area contributed by atoms with Crippen molar-refractivity contribution in [3.8, 4) is 5.75 Å². The number of hydrogen-bond donors (Lipinski definition) is 1. The van der Waals surface area contributed by atoms with Crippen LogP contribution in [0.4, 0.5) is 0 Å². The van der Waals surface area contributed by atoms with E-state index in [-0.39, 0.29) is 23.8 Å². The molecule has 0 unspecified atom stereocenters. The molecule has 30 heavy (non-hydrogen) atoms. The van der Waals surface area contributed by atoms with Crippen molar-refractivity contribution in [1.29, 1.82) is 0 Å². The number of para-hydroxylation sites is 1. The number of aromatic hydroxyl groups is 1. The van der Waals surface area contributed by atoms with Gasteiger partial charge >= 0.3 is 5.97 Å². The van der Waals surface area contributed by atoms with E-state index in [9.17, 15) is 14.7 Å². The Hall–Kier alpha value is -3.60. The van der Waals surface area contributed by atoms with E-state index in [4.69, 9.17) is 4.74 Å². The molecule has 0 aliphatic rings. The van der Waals surface area contributed by atoms with Crippen LogP contribution >= 0.6 is 0 Å². The molecule has 3 aromatic carbocycles. The third-order valence-corrected chi connectivity index (χ3v) is 4.87. The van der Waals surface area contributed by atoms with E-state index in [1.54, 1.807) is 24.0 Å². The van der Waals surface area contributed by atoms with Crippen LogP contribution < -0.4 is 0 Å². The summed E-state index contributed by atoms with van der Waals surface area (Å²) in [6.45, 7) is 2.25. The maximum atomic E-state index is 12.8. The minimum Gasteiger partial charge on any atom is -0.507 e. The van der Waals surface area contributed by atoms with Gasteiger partial charge in [-0.25, -0.2) is 4.79 Å². The fraction of sp³-hybridized carbons (Fsp3) is 0.200. The van der Waals surface area contributed by atoms with Crippen molar-refractivity contribution < 1.29 is 19.4 Å². The molecular formula is C25H25NO4. The molecule has 5 heteroatoms. The second-order valence-corrected chi connectivity index (χ2v) is 7.08. The highest BCUT2D eigenvalue weighted by Crippen LogP contribution is 2.22. The Morgan fingerprint density at radius 1 is 0.867 bits per heavy atom. The average molecular weight is 403 g/mol. The van der Waals surface area contributed by atoms with Gasteiger partial charge in [-0.1, -0.05) is 72.8 Å². The van der Waals surface area contributed by atoms with Crippen molar-refractivity contribution in [3.05, 3.63) is 101 Å². The van der Waals surface area contributed by atoms with Gasteiger partial charge in [0, 0.05) is 13.1 Å². The van der Waals surface area contributed by atoms with Gasteiger partial charge in [0.05, 0.1) is 0 Å². The number of nitrogens with zero attached hydrogens (tertiary/aromatic N) is 1. The molecule has 0 heterocycles. The number of phenols is 1. The third-order valence-electron chi connectivity index (χ3n) is 4.87. The van der Waals surface area contributed by atoms with E-state index in [1.165, 1.54) is 6.07 Å². The van der Waals surface area contributed by atoms with Crippen LogP contribution in [0.2, 0.25) is 0 Å². The standard InChI is InChI=1S/C25H25NO4/c1-19-9-8-14-22(24(19)28)25(29)30-18-23(27)26(17-21-12-6-3-7-13-21)16-15-20-10-4-2-5-11-20/h2-14,28H,15-18H2,1H3. The molecule has 0 fully saturated rings. The average Bonchev–Trinajstić information content (AvgIpc) is 2.78. The lowest BCUT2D eigenvalue weighted by atomic mass is 10.1. The molecule has 1 amide bonds. The molecule has 0 aliphatic heterocycles. The Balaban J connectivity index is 1.66. The predicted molar refractivity (Wildman–Crippen MR) is 115 cm³/mol. The smallest absolute Gasteiger partial charge is 0.342 e. The van der Waals surface area contributed by atoms with E-state index in [2.05, 4.69) is 0 Å². The van der Waals surface area contributed by atoms with Gasteiger partial charge in [0.1, 0.15) is 11.3 Å². The number of phenolic OH excluding ortho intramolecular Hbond substituents is 1. The lowest BCUT2D eigenvalue weighted by molar-refractivity contribution is -0.135. The monoisotopic (exact) mass is 403 g/mol. The Labute approximate surface area is 176 Å². The summed E-state index contributed by atoms with van der Waals surface area (Å²) in [6, 6.07) is 24.5. The van der Waals surface area contributed by atoms with E-state index in [0.29, 0.717) is 25.1 Å². The quantitative estimate of drug-likeness (QED) is 0.575. The summed E-state index contributed by atoms with van der Waals surface area (Å²) in [5.41, 5.74) is 2.76. The highest BCUT2D eigenvalue weighted by molar-refractivity contribution is 5.94. The molecule has 3 rings (SSSR count). The molecule has 0 atom stereocenters. The molecule has 3 aromatic rings. The van der Waals surface area contributed by atoms with Crippen LogP contribution in [0.25, 0.3) is 0 Å². The first kappa shape index (κ1) is 21.1. The first-order chi connectivity index (χ1) is 14.5. The second-order valence-electron chi connectivity index (χ2n) is 7.08. The summed E-state index contributed by atoms with van der Waals surface area (Å²) < 4.78 is 5.21. The zero-order valence-electron chi connectivity index (χ0n) is 17.0. The summed E-state index contributed by atoms with van der Waals surface area (Å²) in [6.07, 6.45) is 0.700. The van der Waals surface area contributed by atoms with Crippen molar-refractivity contribution in [2.45, 2.75) is 19.9 Å². The molecule has 0 spiro atoms. The van der Waals surface area contributed by atoms with Gasteiger partial charge in [0.15, 0.2) is 6.61 Å². The van der Waals surface area contributed by atoms with E-state index in [1.807, 2.05) is 60.7 Å². The van der Waals surface area contributed by atoms with E-state index < -0.39 is 5.97 Å². The van der Waals surface area contributed by atoms with Gasteiger partial charge < -0.3 is 14.7 Å². The lowest BCUT2D eigenvalue weighted by Gasteiger charge is -2.23. The Morgan fingerprint density at radius 3 is 2.17 bits per heavy atom. The van der Waals surface area contributed by atoms with Crippen LogP contribution in [0, 0.1) is 6.92 Å². The second kappa shape index (κ2) is 10.3. The highest BCUT2D eigenvalue weighted by atomic mass is 16.5. The minimum absolute atomic E-state index is 0.0571. The number of benzene rings is 3. The van der Waals surface area contributed by atoms with Crippen molar-refractivity contribution in [1.82, 2.24) is 4.90 Å². The molecule has 0 aromatic heterocycles. The molecule has 5 nitrogen and oxygen atoms in total. The number of rotatable bonds is 8. The number of hydrogen-bond acceptors (Lipinski definition) is 4. The number of carbonyl (C=O) groups is 2. The van der Waals surface area contributed by atoms with Crippen LogP contribution in [0.5, 0.6) is 5.75 Å². The lowest BCUT2D eigenvalue weighted by Crippen LogP contribution is -2.35. The van der Waals surface area contributed by atoms with Crippen LogP contribution in [0.15, 0.2) is 78.9 Å². The number of aryl methyl sites for hydroxylation is 1. The van der Waals surface area contributed by atoms with Crippen molar-refractivity contribution in [3.63, 3.8) is 0 Å². The van der Waals surface area contributed by atoms with Crippen LogP contribution in [0.1, 0.15) is 27.0 Å². The summed E-state index contributed by atoms with van der Waals surface area (Å²) >= 11 is 0. The number of carbonyl (C=O) groups excluding carboxylic acids is 2. The predicted octanol–water partition coefficient (Wildman–Crippen LogP) is 4.13. The van der Waals surface area contributed by atoms with Gasteiger partial charge in [0.25, 0.3) is 5.91 Å². The van der Waals surface area contributed by atoms with Crippen LogP contribution in [-0.4, -0.2) is 35.0 Å². The Morgan fingerprint density at radius 2 is 1.50 bits per heavy atom. The van der Waals surface area contributed by atoms with Gasteiger partial charge in [0.2, 0.25) is 0 Å². The third kappa shape index (κ3) is 5.70. The Kier molecular flexibility index (Phi) is 7.22. The van der Waals surface area contributed by atoms with Crippen LogP contribution in [-0.2, 0) is 22.5 Å². The summed E-state index contributed by atoms with van der Waals surface area (Å²) in [5.74, 6) is -1.12. The zero-order valence-corrected chi connectivity index (χ0v) is 17.0. The molecular weight excluding hydrogens is 378 g/mol. The van der Waals surface area contributed by atoms with E-state index >= 15 is 0 Å². The summed E-state index contributed by atoms with van der Waals surface area (Å²) in [7, 11) is 0. The van der Waals surface area contributed by atoms with Gasteiger partial charge in [-0.15, -0.1) is 0 Å². The Bertz CT molecular complexity index is 987. The number of esters is 1. The molecule has 0 saturated carbocycles. The molecule has 1 N–H and O–H groups in total. The van der Waals surface area contributed by atoms with Gasteiger partial charge in [-0.3, -0.25) is 4.79 Å². The first-order valence-electron chi connectivity index (χ1n) is 9.86. The molecule has 0 saturated heterocycles. The van der Waals surface area contributed by atoms with Gasteiger partial charge in [-0.05, 0) is 36.1 Å². The normalized spacial score (nSPS) is 10.4. The number of ether oxygens (including phenoxy) is 1. The van der Waals surface area contributed by atoms with Crippen molar-refractivity contribution >= 4 is 11.9 Å². The molecule has 0 radical (unpaired) electrons. The molecule has 0 bridgehead atoms. The first-order valence-corrected chi connectivity index (χ1v) is 9.86. The maximum absolute atomic E-state index is 12.8. The van der Waals surface area contributed by atoms with Crippen molar-refractivity contribution in [2.75, 3.05) is 13.2 Å². The van der Waals surface area contributed by atoms with Crippen molar-refractivity contribution in [2.24, 2.45) is 0 Å². The summed E-state index contributed by atoms with van der Waals surface area (Å²) in [4.78, 5) is 26.9. The largest absolute Gasteiger partial charge is 0.507 e. The van der Waals surface area contributed by atoms with E-state index in [0.717, 1.165) is 11.1 Å². The van der Waals surface area contributed by atoms with Crippen LogP contribution in [0.3, 0.4) is 0 Å². The summed E-state index contributed by atoms with van der Waals surface area (Å²) in [5, 5.41) is 10.1. The fourth-order valence-corrected chi connectivity index (χ4v) is 3.12. The highest BCUT2D eigenvalue weighted by Gasteiger charge is 2.19. The number of amides is 1. The van der Waals surface area contributed by atoms with Gasteiger partial charge in [-0.2, -0.15) is 0 Å². The minimum atomic E-state index is -0.715. The fourth-order valence-electron chi connectivity index (χ4n) is 3.12. The topological polar surface area (TPSA) is 66.8 Å². The molecule has 154 valence electrons. The maximum Gasteiger partial charge on any atom is 0.342 e. The SMILES string of the molecule is Cc1cccc(C(=O)OCC(=O)N(CCc2ccccc2)Cc2ccccc2)c1O. The zero-order chi connectivity index (χ0) is 21.3.